The van der Waals surface area contributed by atoms with Crippen molar-refractivity contribution in [2.45, 2.75) is 31.2 Å². The van der Waals surface area contributed by atoms with Crippen molar-refractivity contribution in [2.24, 2.45) is 5.92 Å². The number of hydrogen-bond donors (Lipinski definition) is 0. The number of aromatic nitrogens is 2. The minimum atomic E-state index is -3.46. The highest BCUT2D eigenvalue weighted by Gasteiger charge is 2.59. The molecule has 26 heavy (non-hydrogen) atoms. The molecule has 9 nitrogen and oxygen atoms in total. The van der Waals surface area contributed by atoms with Crippen molar-refractivity contribution in [1.29, 1.82) is 0 Å². The largest absolute Gasteiger partial charge is 0.381 e. The summed E-state index contributed by atoms with van der Waals surface area (Å²) in [4.78, 5) is 6.98. The van der Waals surface area contributed by atoms with E-state index in [9.17, 15) is 8.42 Å². The lowest BCUT2D eigenvalue weighted by molar-refractivity contribution is 0.0381. The molecule has 0 unspecified atom stereocenters. The molecule has 2 atom stereocenters. The van der Waals surface area contributed by atoms with Crippen LogP contribution in [0, 0.1) is 12.8 Å². The molecule has 0 saturated carbocycles. The summed E-state index contributed by atoms with van der Waals surface area (Å²) < 4.78 is 39.3. The van der Waals surface area contributed by atoms with Gasteiger partial charge in [0.25, 0.3) is 10.2 Å². The molecule has 3 saturated heterocycles. The summed E-state index contributed by atoms with van der Waals surface area (Å²) in [7, 11) is -0.321. The third kappa shape index (κ3) is 2.88. The third-order valence-corrected chi connectivity index (χ3v) is 7.91. The van der Waals surface area contributed by atoms with Gasteiger partial charge in [-0.3, -0.25) is 4.90 Å². The monoisotopic (exact) mass is 385 g/mol. The lowest BCUT2D eigenvalue weighted by atomic mass is 9.81. The van der Waals surface area contributed by atoms with Crippen LogP contribution in [0.1, 0.15) is 24.6 Å². The highest BCUT2D eigenvalue weighted by atomic mass is 32.2. The predicted molar refractivity (Wildman–Crippen MR) is 93.8 cm³/mol. The molecular weight excluding hydrogens is 358 g/mol. The Balaban J connectivity index is 1.64. The summed E-state index contributed by atoms with van der Waals surface area (Å²) in [5.74, 6) is 1.32. The van der Waals surface area contributed by atoms with Gasteiger partial charge < -0.3 is 9.26 Å². The second-order valence-corrected chi connectivity index (χ2v) is 10.00. The molecule has 3 aliphatic rings. The molecule has 0 spiro atoms. The molecule has 146 valence electrons. The van der Waals surface area contributed by atoms with Gasteiger partial charge in [-0.05, 0) is 19.8 Å². The van der Waals surface area contributed by atoms with E-state index in [1.165, 1.54) is 4.31 Å². The highest BCUT2D eigenvalue weighted by molar-refractivity contribution is 7.86. The van der Waals surface area contributed by atoms with Gasteiger partial charge >= 0.3 is 0 Å². The van der Waals surface area contributed by atoms with Crippen LogP contribution >= 0.6 is 0 Å². The zero-order chi connectivity index (χ0) is 18.5. The van der Waals surface area contributed by atoms with Crippen molar-refractivity contribution in [2.75, 3.05) is 53.5 Å². The van der Waals surface area contributed by atoms with Crippen molar-refractivity contribution in [3.8, 4) is 0 Å². The minimum absolute atomic E-state index is 0.153. The van der Waals surface area contributed by atoms with Crippen LogP contribution in [0.15, 0.2) is 4.52 Å². The molecule has 0 aliphatic carbocycles. The molecule has 3 fully saturated rings. The Morgan fingerprint density at radius 1 is 1.19 bits per heavy atom. The van der Waals surface area contributed by atoms with E-state index in [0.717, 1.165) is 39.1 Å². The van der Waals surface area contributed by atoms with E-state index >= 15 is 0 Å². The minimum Gasteiger partial charge on any atom is -0.381 e. The number of ether oxygens (including phenoxy) is 1. The molecule has 1 aromatic heterocycles. The van der Waals surface area contributed by atoms with Crippen molar-refractivity contribution in [3.05, 3.63) is 11.7 Å². The van der Waals surface area contributed by atoms with E-state index in [1.807, 2.05) is 0 Å². The van der Waals surface area contributed by atoms with Crippen molar-refractivity contribution < 1.29 is 17.7 Å². The Morgan fingerprint density at radius 3 is 2.54 bits per heavy atom. The molecule has 0 aromatic carbocycles. The number of hydrogen-bond acceptors (Lipinski definition) is 7. The zero-order valence-electron chi connectivity index (χ0n) is 15.6. The first-order chi connectivity index (χ1) is 12.3. The van der Waals surface area contributed by atoms with E-state index in [1.54, 1.807) is 25.3 Å². The molecule has 0 bridgehead atoms. The van der Waals surface area contributed by atoms with Crippen LogP contribution in [0.4, 0.5) is 0 Å². The summed E-state index contributed by atoms with van der Waals surface area (Å²) in [5.41, 5.74) is -0.428. The van der Waals surface area contributed by atoms with Crippen molar-refractivity contribution in [1.82, 2.24) is 23.7 Å². The normalized spacial score (nSPS) is 31.8. The van der Waals surface area contributed by atoms with Crippen LogP contribution in [-0.4, -0.2) is 91.6 Å². The van der Waals surface area contributed by atoms with Crippen LogP contribution in [-0.2, 0) is 20.4 Å². The fraction of sp³-hybridized carbons (Fsp3) is 0.875. The van der Waals surface area contributed by atoms with Gasteiger partial charge in [0.05, 0.1) is 5.41 Å². The van der Waals surface area contributed by atoms with Gasteiger partial charge in [-0.15, -0.1) is 0 Å². The van der Waals surface area contributed by atoms with Crippen molar-refractivity contribution >= 4 is 10.2 Å². The average molecular weight is 385 g/mol. The Bertz CT molecular complexity index is 760. The number of fused-ring (bicyclic) bond motifs is 1. The standard InChI is InChI=1S/C16H27N5O4S/c1-12-17-15(25-18-12)16-10-20(14-4-6-24-7-5-14)8-13(16)9-21(11-16)26(22,23)19(2)3/h13-14H,4-11H2,1-3H3/t13-,16-/m1/s1. The summed E-state index contributed by atoms with van der Waals surface area (Å²) in [6.07, 6.45) is 2.04. The predicted octanol–water partition coefficient (Wildman–Crippen LogP) is -0.151. The molecule has 0 radical (unpaired) electrons. The second-order valence-electron chi connectivity index (χ2n) is 7.86. The fourth-order valence-corrected chi connectivity index (χ4v) is 5.82. The SMILES string of the molecule is Cc1noc([C@@]23CN(C4CCOCC4)C[C@@H]2CN(S(=O)(=O)N(C)C)C3)n1. The summed E-state index contributed by atoms with van der Waals surface area (Å²) in [5, 5.41) is 3.97. The Kier molecular flexibility index (Phi) is 4.59. The van der Waals surface area contributed by atoms with Gasteiger partial charge in [0.2, 0.25) is 5.89 Å². The molecule has 1 aromatic rings. The van der Waals surface area contributed by atoms with Crippen LogP contribution in [0.5, 0.6) is 0 Å². The lowest BCUT2D eigenvalue weighted by Crippen LogP contribution is -2.46. The fourth-order valence-electron chi connectivity index (χ4n) is 4.59. The molecule has 0 N–H and O–H groups in total. The van der Waals surface area contributed by atoms with E-state index in [4.69, 9.17) is 9.26 Å². The molecule has 3 aliphatic heterocycles. The maximum Gasteiger partial charge on any atom is 0.281 e. The van der Waals surface area contributed by atoms with E-state index in [2.05, 4.69) is 15.0 Å². The number of likely N-dealkylation sites (tertiary alicyclic amines) is 1. The highest BCUT2D eigenvalue weighted by Crippen LogP contribution is 2.46. The summed E-state index contributed by atoms with van der Waals surface area (Å²) in [6.45, 7) is 5.86. The van der Waals surface area contributed by atoms with Gasteiger partial charge in [-0.25, -0.2) is 0 Å². The quantitative estimate of drug-likeness (QED) is 0.712. The molecule has 4 heterocycles. The van der Waals surface area contributed by atoms with Gasteiger partial charge in [0, 0.05) is 65.4 Å². The first kappa shape index (κ1) is 18.3. The number of nitrogens with zero attached hydrogens (tertiary/aromatic N) is 5. The molecule has 0 amide bonds. The van der Waals surface area contributed by atoms with Gasteiger partial charge in [-0.2, -0.15) is 22.0 Å². The Labute approximate surface area is 154 Å². The van der Waals surface area contributed by atoms with Gasteiger partial charge in [0.1, 0.15) is 0 Å². The Hall–Kier alpha value is -1.07. The van der Waals surface area contributed by atoms with Crippen molar-refractivity contribution in [3.63, 3.8) is 0 Å². The van der Waals surface area contributed by atoms with Crippen LogP contribution in [0.25, 0.3) is 0 Å². The van der Waals surface area contributed by atoms with Gasteiger partial charge in [0.15, 0.2) is 5.82 Å². The molecular formula is C16H27N5O4S. The number of rotatable bonds is 4. The van der Waals surface area contributed by atoms with E-state index in [0.29, 0.717) is 30.8 Å². The lowest BCUT2D eigenvalue weighted by Gasteiger charge is -2.33. The van der Waals surface area contributed by atoms with Crippen LogP contribution in [0.3, 0.4) is 0 Å². The molecule has 4 rings (SSSR count). The second kappa shape index (κ2) is 6.52. The van der Waals surface area contributed by atoms with E-state index < -0.39 is 15.6 Å². The Morgan fingerprint density at radius 2 is 1.92 bits per heavy atom. The summed E-state index contributed by atoms with van der Waals surface area (Å²) in [6, 6.07) is 0.481. The first-order valence-electron chi connectivity index (χ1n) is 9.13. The smallest absolute Gasteiger partial charge is 0.281 e. The first-order valence-corrected chi connectivity index (χ1v) is 10.5. The maximum absolute atomic E-state index is 12.7. The van der Waals surface area contributed by atoms with Gasteiger partial charge in [-0.1, -0.05) is 5.16 Å². The summed E-state index contributed by atoms with van der Waals surface area (Å²) >= 11 is 0. The average Bonchev–Trinajstić information content (AvgIpc) is 3.27. The van der Waals surface area contributed by atoms with Crippen LogP contribution < -0.4 is 0 Å². The third-order valence-electron chi connectivity index (χ3n) is 6.05. The zero-order valence-corrected chi connectivity index (χ0v) is 16.4. The number of aryl methyl sites for hydroxylation is 1. The van der Waals surface area contributed by atoms with Crippen LogP contribution in [0.2, 0.25) is 0 Å². The topological polar surface area (TPSA) is 92.0 Å². The molecule has 10 heteroatoms. The van der Waals surface area contributed by atoms with E-state index in [-0.39, 0.29) is 5.92 Å². The maximum atomic E-state index is 12.7.